The van der Waals surface area contributed by atoms with Gasteiger partial charge in [-0.3, -0.25) is 9.59 Å². The summed E-state index contributed by atoms with van der Waals surface area (Å²) in [6.07, 6.45) is -0.178. The molecule has 0 bridgehead atoms. The van der Waals surface area contributed by atoms with E-state index in [-0.39, 0.29) is 18.0 Å². The number of benzene rings is 1. The lowest BCUT2D eigenvalue weighted by atomic mass is 9.78. The largest absolute Gasteiger partial charge is 0.496 e. The van der Waals surface area contributed by atoms with Gasteiger partial charge in [-0.25, -0.2) is 0 Å². The third-order valence-electron chi connectivity index (χ3n) is 3.64. The van der Waals surface area contributed by atoms with E-state index in [0.29, 0.717) is 11.3 Å². The highest BCUT2D eigenvalue weighted by Crippen LogP contribution is 2.43. The molecule has 0 aliphatic heterocycles. The maximum atomic E-state index is 12.3. The molecule has 0 heterocycles. The summed E-state index contributed by atoms with van der Waals surface area (Å²) in [5.74, 6) is 0.172. The number of fused-ring (bicyclic) bond motifs is 1. The van der Waals surface area contributed by atoms with Gasteiger partial charge in [0.2, 0.25) is 0 Å². The highest BCUT2D eigenvalue weighted by atomic mass is 28.4. The van der Waals surface area contributed by atoms with Crippen molar-refractivity contribution >= 4 is 19.9 Å². The van der Waals surface area contributed by atoms with E-state index < -0.39 is 20.3 Å². The minimum atomic E-state index is -1.88. The molecule has 0 fully saturated rings. The normalized spacial score (nSPS) is 21.9. The Hall–Kier alpha value is -1.46. The summed E-state index contributed by atoms with van der Waals surface area (Å²) < 4.78 is 11.7. The van der Waals surface area contributed by atoms with E-state index in [2.05, 4.69) is 19.6 Å². The molecular weight excluding hydrogens is 284 g/mol. The van der Waals surface area contributed by atoms with E-state index in [4.69, 9.17) is 9.16 Å². The van der Waals surface area contributed by atoms with Crippen molar-refractivity contribution in [3.05, 3.63) is 29.3 Å². The topological polar surface area (TPSA) is 52.6 Å². The fourth-order valence-electron chi connectivity index (χ4n) is 2.76. The minimum Gasteiger partial charge on any atom is -0.496 e. The van der Waals surface area contributed by atoms with Crippen LogP contribution in [0.25, 0.3) is 0 Å². The van der Waals surface area contributed by atoms with Gasteiger partial charge in [0.25, 0.3) is 0 Å². The first kappa shape index (κ1) is 15.9. The summed E-state index contributed by atoms with van der Waals surface area (Å²) >= 11 is 0. The minimum absolute atomic E-state index is 0.0110. The Kier molecular flexibility index (Phi) is 4.34. The van der Waals surface area contributed by atoms with Crippen molar-refractivity contribution in [1.29, 1.82) is 0 Å². The van der Waals surface area contributed by atoms with Gasteiger partial charge in [0.1, 0.15) is 11.5 Å². The number of hydrogen-bond donors (Lipinski definition) is 0. The van der Waals surface area contributed by atoms with Crippen LogP contribution in [0.5, 0.6) is 5.75 Å². The standard InChI is InChI=1S/C16H22O4Si/c1-10(17)12-9-13(18)11-7-6-8-14(19-2)15(11)16(12)20-21(3,4)5/h6-8,12,16H,9H2,1-5H3/t12?,16-/m1/s1. The van der Waals surface area contributed by atoms with E-state index in [9.17, 15) is 9.59 Å². The van der Waals surface area contributed by atoms with Crippen LogP contribution in [0.15, 0.2) is 18.2 Å². The summed E-state index contributed by atoms with van der Waals surface area (Å²) in [5.41, 5.74) is 1.36. The molecule has 21 heavy (non-hydrogen) atoms. The Balaban J connectivity index is 2.59. The summed E-state index contributed by atoms with van der Waals surface area (Å²) in [6, 6.07) is 5.40. The second kappa shape index (κ2) is 5.73. The molecule has 0 spiro atoms. The zero-order valence-corrected chi connectivity index (χ0v) is 14.2. The molecule has 1 aliphatic rings. The molecule has 2 rings (SSSR count). The van der Waals surface area contributed by atoms with Crippen molar-refractivity contribution < 1.29 is 18.8 Å². The summed E-state index contributed by atoms with van der Waals surface area (Å²) in [4.78, 5) is 24.3. The molecule has 0 aromatic heterocycles. The van der Waals surface area contributed by atoms with Gasteiger partial charge in [-0.05, 0) is 32.6 Å². The summed E-state index contributed by atoms with van der Waals surface area (Å²) in [7, 11) is -0.305. The number of ether oxygens (including phenoxy) is 1. The molecule has 4 nitrogen and oxygen atoms in total. The van der Waals surface area contributed by atoms with Crippen LogP contribution >= 0.6 is 0 Å². The predicted octanol–water partition coefficient (Wildman–Crippen LogP) is 3.38. The molecule has 5 heteroatoms. The van der Waals surface area contributed by atoms with Gasteiger partial charge in [-0.1, -0.05) is 12.1 Å². The first-order chi connectivity index (χ1) is 9.74. The average molecular weight is 306 g/mol. The van der Waals surface area contributed by atoms with Gasteiger partial charge in [-0.2, -0.15) is 0 Å². The highest BCUT2D eigenvalue weighted by Gasteiger charge is 2.41. The highest BCUT2D eigenvalue weighted by molar-refractivity contribution is 6.69. The number of rotatable bonds is 4. The van der Waals surface area contributed by atoms with Crippen LogP contribution in [0.4, 0.5) is 0 Å². The van der Waals surface area contributed by atoms with Crippen LogP contribution in [-0.4, -0.2) is 27.0 Å². The molecule has 1 unspecified atom stereocenters. The lowest BCUT2D eigenvalue weighted by Gasteiger charge is -2.36. The molecule has 0 radical (unpaired) electrons. The number of methoxy groups -OCH3 is 1. The number of Topliss-reactive ketones (excluding diaryl/α,β-unsaturated/α-hetero) is 2. The van der Waals surface area contributed by atoms with Crippen LogP contribution in [0, 0.1) is 5.92 Å². The van der Waals surface area contributed by atoms with Gasteiger partial charge >= 0.3 is 0 Å². The summed E-state index contributed by atoms with van der Waals surface area (Å²) in [5, 5.41) is 0. The van der Waals surface area contributed by atoms with Crippen molar-refractivity contribution in [2.24, 2.45) is 5.92 Å². The first-order valence-corrected chi connectivity index (χ1v) is 10.5. The Morgan fingerprint density at radius 2 is 1.95 bits per heavy atom. The molecular formula is C16H22O4Si. The second-order valence-electron chi connectivity index (χ2n) is 6.42. The maximum Gasteiger partial charge on any atom is 0.184 e. The van der Waals surface area contributed by atoms with E-state index in [1.54, 1.807) is 19.2 Å². The molecule has 1 aromatic carbocycles. The fourth-order valence-corrected chi connectivity index (χ4v) is 3.80. The molecule has 1 aliphatic carbocycles. The maximum absolute atomic E-state index is 12.3. The third kappa shape index (κ3) is 3.24. The summed E-state index contributed by atoms with van der Waals surface area (Å²) in [6.45, 7) is 7.76. The first-order valence-electron chi connectivity index (χ1n) is 7.13. The van der Waals surface area contributed by atoms with Gasteiger partial charge in [-0.15, -0.1) is 0 Å². The average Bonchev–Trinajstić information content (AvgIpc) is 2.39. The van der Waals surface area contributed by atoms with Gasteiger partial charge in [0.05, 0.1) is 19.1 Å². The van der Waals surface area contributed by atoms with Gasteiger partial charge < -0.3 is 9.16 Å². The van der Waals surface area contributed by atoms with E-state index >= 15 is 0 Å². The van der Waals surface area contributed by atoms with Crippen molar-refractivity contribution in [3.63, 3.8) is 0 Å². The second-order valence-corrected chi connectivity index (χ2v) is 10.9. The lowest BCUT2D eigenvalue weighted by Crippen LogP contribution is -2.38. The Morgan fingerprint density at radius 1 is 1.29 bits per heavy atom. The van der Waals surface area contributed by atoms with Crippen LogP contribution in [-0.2, 0) is 9.22 Å². The van der Waals surface area contributed by atoms with Crippen molar-refractivity contribution in [2.45, 2.75) is 39.1 Å². The Bertz CT molecular complexity index is 574. The number of carbonyl (C=O) groups is 2. The van der Waals surface area contributed by atoms with Crippen LogP contribution < -0.4 is 4.74 Å². The van der Waals surface area contributed by atoms with Crippen molar-refractivity contribution in [2.75, 3.05) is 7.11 Å². The third-order valence-corrected chi connectivity index (χ3v) is 4.61. The van der Waals surface area contributed by atoms with E-state index in [1.807, 2.05) is 6.07 Å². The molecule has 0 N–H and O–H groups in total. The Labute approximate surface area is 126 Å². The molecule has 2 atom stereocenters. The number of hydrogen-bond acceptors (Lipinski definition) is 4. The van der Waals surface area contributed by atoms with E-state index in [1.165, 1.54) is 6.92 Å². The van der Waals surface area contributed by atoms with Crippen molar-refractivity contribution in [3.8, 4) is 5.75 Å². The smallest absolute Gasteiger partial charge is 0.184 e. The number of ketones is 2. The van der Waals surface area contributed by atoms with E-state index in [0.717, 1.165) is 5.56 Å². The Morgan fingerprint density at radius 3 is 2.48 bits per heavy atom. The van der Waals surface area contributed by atoms with Crippen LogP contribution in [0.2, 0.25) is 19.6 Å². The predicted molar refractivity (Wildman–Crippen MR) is 83.3 cm³/mol. The number of carbonyl (C=O) groups excluding carboxylic acids is 2. The molecule has 0 saturated carbocycles. The quantitative estimate of drug-likeness (QED) is 0.800. The van der Waals surface area contributed by atoms with Crippen molar-refractivity contribution in [1.82, 2.24) is 0 Å². The van der Waals surface area contributed by atoms with Gasteiger partial charge in [0.15, 0.2) is 14.1 Å². The van der Waals surface area contributed by atoms with Gasteiger partial charge in [0, 0.05) is 17.5 Å². The SMILES string of the molecule is COc1cccc2c1[C@H](O[Si](C)(C)C)C(C(C)=O)CC2=O. The zero-order chi connectivity index (χ0) is 15.8. The van der Waals surface area contributed by atoms with Crippen LogP contribution in [0.3, 0.4) is 0 Å². The molecule has 1 aromatic rings. The zero-order valence-electron chi connectivity index (χ0n) is 13.2. The molecule has 0 saturated heterocycles. The molecule has 114 valence electrons. The monoisotopic (exact) mass is 306 g/mol. The lowest BCUT2D eigenvalue weighted by molar-refractivity contribution is -0.124. The molecule has 0 amide bonds. The fraction of sp³-hybridized carbons (Fsp3) is 0.500. The van der Waals surface area contributed by atoms with Crippen LogP contribution in [0.1, 0.15) is 35.4 Å².